The summed E-state index contributed by atoms with van der Waals surface area (Å²) < 4.78 is 0. The Morgan fingerprint density at radius 1 is 1.27 bits per heavy atom. The van der Waals surface area contributed by atoms with E-state index in [-0.39, 0.29) is 6.10 Å². The number of hydrogen-bond acceptors (Lipinski definition) is 2. The number of hydrogen-bond donors (Lipinski definition) is 1. The molecule has 1 unspecified atom stereocenters. The van der Waals surface area contributed by atoms with Crippen molar-refractivity contribution in [3.8, 4) is 0 Å². The van der Waals surface area contributed by atoms with Crippen molar-refractivity contribution < 1.29 is 5.11 Å². The minimum atomic E-state index is -0.186. The molecule has 2 heteroatoms. The van der Waals surface area contributed by atoms with E-state index in [1.807, 2.05) is 12.1 Å². The molecule has 0 radical (unpaired) electrons. The van der Waals surface area contributed by atoms with E-state index < -0.39 is 0 Å². The zero-order chi connectivity index (χ0) is 11.3. The highest BCUT2D eigenvalue weighted by molar-refractivity contribution is 7.99. The van der Waals surface area contributed by atoms with Gasteiger partial charge in [-0.25, -0.2) is 0 Å². The van der Waals surface area contributed by atoms with Crippen molar-refractivity contribution in [3.05, 3.63) is 29.8 Å². The lowest BCUT2D eigenvalue weighted by molar-refractivity contribution is 0.172. The molecule has 0 heterocycles. The molecule has 0 saturated heterocycles. The van der Waals surface area contributed by atoms with Crippen LogP contribution in [0.5, 0.6) is 0 Å². The van der Waals surface area contributed by atoms with Gasteiger partial charge < -0.3 is 5.11 Å². The van der Waals surface area contributed by atoms with Gasteiger partial charge in [-0.2, -0.15) is 0 Å². The third kappa shape index (κ3) is 4.72. The van der Waals surface area contributed by atoms with Gasteiger partial charge >= 0.3 is 0 Å². The first-order valence-corrected chi connectivity index (χ1v) is 6.44. The Morgan fingerprint density at radius 3 is 2.53 bits per heavy atom. The SMILES string of the molecule is Cc1ccccc1SCC(O)CC(C)C. The average Bonchev–Trinajstić information content (AvgIpc) is 2.15. The second-order valence-corrected chi connectivity index (χ2v) is 5.42. The second kappa shape index (κ2) is 6.19. The molecule has 0 bridgehead atoms. The fourth-order valence-electron chi connectivity index (χ4n) is 1.52. The monoisotopic (exact) mass is 224 g/mol. The maximum absolute atomic E-state index is 9.75. The predicted molar refractivity (Wildman–Crippen MR) is 67.4 cm³/mol. The van der Waals surface area contributed by atoms with E-state index in [4.69, 9.17) is 0 Å². The number of benzene rings is 1. The zero-order valence-corrected chi connectivity index (χ0v) is 10.6. The molecule has 0 amide bonds. The minimum Gasteiger partial charge on any atom is -0.392 e. The van der Waals surface area contributed by atoms with Crippen LogP contribution in [0.1, 0.15) is 25.8 Å². The van der Waals surface area contributed by atoms with Gasteiger partial charge in [-0.3, -0.25) is 0 Å². The van der Waals surface area contributed by atoms with Crippen LogP contribution in [0.15, 0.2) is 29.2 Å². The quantitative estimate of drug-likeness (QED) is 0.773. The number of aryl methyl sites for hydroxylation is 1. The van der Waals surface area contributed by atoms with E-state index in [1.54, 1.807) is 11.8 Å². The van der Waals surface area contributed by atoms with Crippen molar-refractivity contribution >= 4 is 11.8 Å². The van der Waals surface area contributed by atoms with Gasteiger partial charge in [0.05, 0.1) is 6.10 Å². The molecule has 0 aliphatic heterocycles. The first-order chi connectivity index (χ1) is 7.09. The highest BCUT2D eigenvalue weighted by Gasteiger charge is 2.08. The molecule has 0 saturated carbocycles. The smallest absolute Gasteiger partial charge is 0.0636 e. The minimum absolute atomic E-state index is 0.186. The Morgan fingerprint density at radius 2 is 1.93 bits per heavy atom. The molecule has 0 aliphatic carbocycles. The normalized spacial score (nSPS) is 13.1. The maximum atomic E-state index is 9.75. The van der Waals surface area contributed by atoms with Gasteiger partial charge in [0.25, 0.3) is 0 Å². The van der Waals surface area contributed by atoms with Gasteiger partial charge in [-0.15, -0.1) is 11.8 Å². The first kappa shape index (κ1) is 12.6. The summed E-state index contributed by atoms with van der Waals surface area (Å²) in [6.07, 6.45) is 0.702. The fraction of sp³-hybridized carbons (Fsp3) is 0.538. The first-order valence-electron chi connectivity index (χ1n) is 5.46. The lowest BCUT2D eigenvalue weighted by atomic mass is 10.1. The number of aliphatic hydroxyl groups excluding tert-OH is 1. The summed E-state index contributed by atoms with van der Waals surface area (Å²) in [5.74, 6) is 1.36. The topological polar surface area (TPSA) is 20.2 Å². The van der Waals surface area contributed by atoms with E-state index >= 15 is 0 Å². The Hall–Kier alpha value is -0.470. The van der Waals surface area contributed by atoms with Crippen molar-refractivity contribution in [2.24, 2.45) is 5.92 Å². The summed E-state index contributed by atoms with van der Waals surface area (Å²) >= 11 is 1.75. The van der Waals surface area contributed by atoms with Crippen molar-refractivity contribution in [2.45, 2.75) is 38.2 Å². The van der Waals surface area contributed by atoms with Crippen molar-refractivity contribution in [2.75, 3.05) is 5.75 Å². The highest BCUT2D eigenvalue weighted by Crippen LogP contribution is 2.23. The van der Waals surface area contributed by atoms with Crippen LogP contribution in [-0.2, 0) is 0 Å². The Balaban J connectivity index is 2.40. The van der Waals surface area contributed by atoms with Crippen LogP contribution in [-0.4, -0.2) is 17.0 Å². The maximum Gasteiger partial charge on any atom is 0.0636 e. The van der Waals surface area contributed by atoms with Crippen LogP contribution in [0.3, 0.4) is 0 Å². The summed E-state index contributed by atoms with van der Waals surface area (Å²) in [7, 11) is 0. The number of aliphatic hydroxyl groups is 1. The predicted octanol–water partition coefficient (Wildman–Crippen LogP) is 3.49. The van der Waals surface area contributed by atoms with E-state index in [0.29, 0.717) is 5.92 Å². The van der Waals surface area contributed by atoms with E-state index in [2.05, 4.69) is 32.9 Å². The lowest BCUT2D eigenvalue weighted by Crippen LogP contribution is -2.12. The van der Waals surface area contributed by atoms with E-state index in [1.165, 1.54) is 10.5 Å². The van der Waals surface area contributed by atoms with Crippen LogP contribution >= 0.6 is 11.8 Å². The lowest BCUT2D eigenvalue weighted by Gasteiger charge is -2.13. The van der Waals surface area contributed by atoms with Crippen LogP contribution in [0.25, 0.3) is 0 Å². The van der Waals surface area contributed by atoms with Gasteiger partial charge in [0.15, 0.2) is 0 Å². The Bertz CT molecular complexity index is 296. The molecule has 1 aromatic carbocycles. The molecule has 1 rings (SSSR count). The van der Waals surface area contributed by atoms with Gasteiger partial charge in [-0.05, 0) is 30.9 Å². The molecule has 0 aliphatic rings. The third-order valence-electron chi connectivity index (χ3n) is 2.27. The molecule has 1 N–H and O–H groups in total. The summed E-state index contributed by atoms with van der Waals surface area (Å²) in [6.45, 7) is 6.39. The number of rotatable bonds is 5. The zero-order valence-electron chi connectivity index (χ0n) is 9.73. The second-order valence-electron chi connectivity index (χ2n) is 4.36. The van der Waals surface area contributed by atoms with Gasteiger partial charge in [-0.1, -0.05) is 32.0 Å². The molecule has 0 aromatic heterocycles. The van der Waals surface area contributed by atoms with Crippen molar-refractivity contribution in [3.63, 3.8) is 0 Å². The Kier molecular flexibility index (Phi) is 5.20. The van der Waals surface area contributed by atoms with Crippen molar-refractivity contribution in [1.29, 1.82) is 0 Å². The van der Waals surface area contributed by atoms with E-state index in [9.17, 15) is 5.11 Å². The fourth-order valence-corrected chi connectivity index (χ4v) is 2.50. The molecule has 0 fully saturated rings. The average molecular weight is 224 g/mol. The van der Waals surface area contributed by atoms with Gasteiger partial charge in [0.2, 0.25) is 0 Å². The largest absolute Gasteiger partial charge is 0.392 e. The summed E-state index contributed by atoms with van der Waals surface area (Å²) in [5, 5.41) is 9.75. The van der Waals surface area contributed by atoms with Crippen LogP contribution in [0.4, 0.5) is 0 Å². The number of thioether (sulfide) groups is 1. The molecule has 1 atom stereocenters. The van der Waals surface area contributed by atoms with Gasteiger partial charge in [0.1, 0.15) is 0 Å². The van der Waals surface area contributed by atoms with E-state index in [0.717, 1.165) is 12.2 Å². The Labute approximate surface area is 96.9 Å². The van der Waals surface area contributed by atoms with Crippen LogP contribution < -0.4 is 0 Å². The molecule has 15 heavy (non-hydrogen) atoms. The highest BCUT2D eigenvalue weighted by atomic mass is 32.2. The third-order valence-corrected chi connectivity index (χ3v) is 3.59. The molecular formula is C13H20OS. The van der Waals surface area contributed by atoms with Crippen molar-refractivity contribution in [1.82, 2.24) is 0 Å². The standard InChI is InChI=1S/C13H20OS/c1-10(2)8-12(14)9-15-13-7-5-4-6-11(13)3/h4-7,10,12,14H,8-9H2,1-3H3. The summed E-state index contributed by atoms with van der Waals surface area (Å²) in [5.41, 5.74) is 1.29. The molecule has 84 valence electrons. The van der Waals surface area contributed by atoms with Crippen LogP contribution in [0, 0.1) is 12.8 Å². The van der Waals surface area contributed by atoms with Crippen LogP contribution in [0.2, 0.25) is 0 Å². The molecule has 0 spiro atoms. The molecule has 1 aromatic rings. The molecular weight excluding hydrogens is 204 g/mol. The molecule has 1 nitrogen and oxygen atoms in total. The van der Waals surface area contributed by atoms with Gasteiger partial charge in [0, 0.05) is 10.6 Å². The summed E-state index contributed by atoms with van der Waals surface area (Å²) in [4.78, 5) is 1.28. The summed E-state index contributed by atoms with van der Waals surface area (Å²) in [6, 6.07) is 8.31.